The number of hydrogen-bond donors (Lipinski definition) is 1. The van der Waals surface area contributed by atoms with Gasteiger partial charge >= 0.3 is 0 Å². The molecule has 2 unspecified atom stereocenters. The van der Waals surface area contributed by atoms with Gasteiger partial charge in [-0.15, -0.1) is 0 Å². The van der Waals surface area contributed by atoms with Gasteiger partial charge in [-0.3, -0.25) is 0 Å². The average molecular weight is 195 g/mol. The number of hydrogen-bond acceptors (Lipinski definition) is 1. The lowest BCUT2D eigenvalue weighted by molar-refractivity contribution is 0.312. The van der Waals surface area contributed by atoms with Crippen LogP contribution in [0.25, 0.3) is 0 Å². The van der Waals surface area contributed by atoms with Crippen molar-refractivity contribution in [1.29, 1.82) is 0 Å². The summed E-state index contributed by atoms with van der Waals surface area (Å²) in [5.41, 5.74) is 6.74. The van der Waals surface area contributed by atoms with Gasteiger partial charge in [0, 0.05) is 5.54 Å². The van der Waals surface area contributed by atoms with E-state index < -0.39 is 0 Å². The molecule has 0 aromatic heterocycles. The Kier molecular flexibility index (Phi) is 3.16. The molecule has 2 atom stereocenters. The fourth-order valence-corrected chi connectivity index (χ4v) is 3.59. The van der Waals surface area contributed by atoms with Crippen molar-refractivity contribution in [2.75, 3.05) is 0 Å². The molecule has 0 heterocycles. The quantitative estimate of drug-likeness (QED) is 0.733. The third-order valence-electron chi connectivity index (χ3n) is 4.49. The molecule has 2 fully saturated rings. The van der Waals surface area contributed by atoms with Crippen LogP contribution in [-0.2, 0) is 0 Å². The Bertz CT molecular complexity index is 184. The van der Waals surface area contributed by atoms with Gasteiger partial charge in [0.25, 0.3) is 0 Å². The molecule has 1 heteroatoms. The number of nitrogens with two attached hydrogens (primary N) is 1. The van der Waals surface area contributed by atoms with Gasteiger partial charge in [0.05, 0.1) is 0 Å². The van der Waals surface area contributed by atoms with Crippen molar-refractivity contribution >= 4 is 0 Å². The van der Waals surface area contributed by atoms with Crippen LogP contribution in [0.15, 0.2) is 0 Å². The van der Waals surface area contributed by atoms with Gasteiger partial charge in [-0.25, -0.2) is 0 Å². The van der Waals surface area contributed by atoms with E-state index in [0.29, 0.717) is 0 Å². The molecule has 82 valence electrons. The van der Waals surface area contributed by atoms with E-state index in [2.05, 4.69) is 6.92 Å². The maximum absolute atomic E-state index is 6.50. The molecule has 2 aliphatic carbocycles. The molecular formula is C13H25N. The van der Waals surface area contributed by atoms with Crippen LogP contribution < -0.4 is 5.73 Å². The molecule has 0 saturated heterocycles. The Morgan fingerprint density at radius 2 is 1.86 bits per heavy atom. The molecule has 14 heavy (non-hydrogen) atoms. The zero-order valence-electron chi connectivity index (χ0n) is 9.60. The minimum Gasteiger partial charge on any atom is -0.325 e. The summed E-state index contributed by atoms with van der Waals surface area (Å²) in [6.07, 6.45) is 12.5. The first-order chi connectivity index (χ1) is 6.72. The monoisotopic (exact) mass is 195 g/mol. The summed E-state index contributed by atoms with van der Waals surface area (Å²) < 4.78 is 0. The SMILES string of the molecule is CCC1CCC(N)(CC2CCCC2)C1. The molecule has 0 spiro atoms. The molecule has 0 aromatic rings. The Balaban J connectivity index is 1.83. The summed E-state index contributed by atoms with van der Waals surface area (Å²) in [6, 6.07) is 0. The van der Waals surface area contributed by atoms with Crippen LogP contribution in [0, 0.1) is 11.8 Å². The molecule has 0 bridgehead atoms. The van der Waals surface area contributed by atoms with E-state index in [1.807, 2.05) is 0 Å². The first-order valence-corrected chi connectivity index (χ1v) is 6.51. The first-order valence-electron chi connectivity index (χ1n) is 6.51. The lowest BCUT2D eigenvalue weighted by atomic mass is 9.85. The second-order valence-electron chi connectivity index (χ2n) is 5.73. The average Bonchev–Trinajstić information content (AvgIpc) is 2.76. The van der Waals surface area contributed by atoms with Gasteiger partial charge in [0.1, 0.15) is 0 Å². The van der Waals surface area contributed by atoms with Gasteiger partial charge in [-0.1, -0.05) is 39.0 Å². The summed E-state index contributed by atoms with van der Waals surface area (Å²) in [7, 11) is 0. The molecule has 0 radical (unpaired) electrons. The van der Waals surface area contributed by atoms with Crippen molar-refractivity contribution in [2.24, 2.45) is 17.6 Å². The largest absolute Gasteiger partial charge is 0.325 e. The molecule has 2 saturated carbocycles. The van der Waals surface area contributed by atoms with Crippen LogP contribution >= 0.6 is 0 Å². The van der Waals surface area contributed by atoms with Crippen LogP contribution in [0.3, 0.4) is 0 Å². The number of rotatable bonds is 3. The van der Waals surface area contributed by atoms with Gasteiger partial charge in [0.15, 0.2) is 0 Å². The fraction of sp³-hybridized carbons (Fsp3) is 1.00. The maximum atomic E-state index is 6.50. The molecule has 1 nitrogen and oxygen atoms in total. The van der Waals surface area contributed by atoms with E-state index in [1.54, 1.807) is 0 Å². The molecule has 2 rings (SSSR count). The van der Waals surface area contributed by atoms with Crippen LogP contribution in [0.1, 0.15) is 64.7 Å². The summed E-state index contributed by atoms with van der Waals surface area (Å²) in [5.74, 6) is 1.90. The maximum Gasteiger partial charge on any atom is 0.0159 e. The van der Waals surface area contributed by atoms with Crippen molar-refractivity contribution in [3.05, 3.63) is 0 Å². The highest BCUT2D eigenvalue weighted by atomic mass is 14.8. The van der Waals surface area contributed by atoms with Crippen molar-refractivity contribution in [3.63, 3.8) is 0 Å². The molecule has 2 aliphatic rings. The van der Waals surface area contributed by atoms with E-state index in [9.17, 15) is 0 Å². The van der Waals surface area contributed by atoms with Crippen LogP contribution in [0.4, 0.5) is 0 Å². The highest BCUT2D eigenvalue weighted by molar-refractivity contribution is 4.95. The zero-order chi connectivity index (χ0) is 10.0. The lowest BCUT2D eigenvalue weighted by Crippen LogP contribution is -2.38. The fourth-order valence-electron chi connectivity index (χ4n) is 3.59. The lowest BCUT2D eigenvalue weighted by Gasteiger charge is -2.27. The first kappa shape index (κ1) is 10.5. The van der Waals surface area contributed by atoms with Gasteiger partial charge < -0.3 is 5.73 Å². The predicted molar refractivity (Wildman–Crippen MR) is 61.1 cm³/mol. The second kappa shape index (κ2) is 4.22. The van der Waals surface area contributed by atoms with Crippen molar-refractivity contribution in [2.45, 2.75) is 70.3 Å². The molecule has 0 aromatic carbocycles. The van der Waals surface area contributed by atoms with E-state index in [4.69, 9.17) is 5.73 Å². The van der Waals surface area contributed by atoms with Crippen LogP contribution in [0.5, 0.6) is 0 Å². The van der Waals surface area contributed by atoms with E-state index in [0.717, 1.165) is 11.8 Å². The zero-order valence-corrected chi connectivity index (χ0v) is 9.60. The molecule has 2 N–H and O–H groups in total. The highest BCUT2D eigenvalue weighted by Crippen LogP contribution is 2.41. The smallest absolute Gasteiger partial charge is 0.0159 e. The van der Waals surface area contributed by atoms with E-state index in [1.165, 1.54) is 57.8 Å². The second-order valence-corrected chi connectivity index (χ2v) is 5.73. The summed E-state index contributed by atoms with van der Waals surface area (Å²) in [5, 5.41) is 0. The van der Waals surface area contributed by atoms with E-state index >= 15 is 0 Å². The standard InChI is InChI=1S/C13H25N/c1-2-11-7-8-13(14,9-11)10-12-5-3-4-6-12/h11-12H,2-10,14H2,1H3. The predicted octanol–water partition coefficient (Wildman–Crippen LogP) is 3.47. The minimum absolute atomic E-state index is 0.232. The highest BCUT2D eigenvalue weighted by Gasteiger charge is 2.36. The summed E-state index contributed by atoms with van der Waals surface area (Å²) >= 11 is 0. The molecular weight excluding hydrogens is 170 g/mol. The van der Waals surface area contributed by atoms with Crippen LogP contribution in [0.2, 0.25) is 0 Å². The summed E-state index contributed by atoms with van der Waals surface area (Å²) in [4.78, 5) is 0. The Morgan fingerprint density at radius 1 is 1.14 bits per heavy atom. The molecule has 0 aliphatic heterocycles. The van der Waals surface area contributed by atoms with Crippen molar-refractivity contribution in [3.8, 4) is 0 Å². The van der Waals surface area contributed by atoms with Gasteiger partial charge in [-0.2, -0.15) is 0 Å². The third kappa shape index (κ3) is 2.31. The van der Waals surface area contributed by atoms with Crippen molar-refractivity contribution in [1.82, 2.24) is 0 Å². The van der Waals surface area contributed by atoms with Gasteiger partial charge in [0.2, 0.25) is 0 Å². The van der Waals surface area contributed by atoms with Gasteiger partial charge in [-0.05, 0) is 37.5 Å². The third-order valence-corrected chi connectivity index (χ3v) is 4.49. The minimum atomic E-state index is 0.232. The van der Waals surface area contributed by atoms with Crippen molar-refractivity contribution < 1.29 is 0 Å². The Morgan fingerprint density at radius 3 is 2.43 bits per heavy atom. The Labute approximate surface area is 88.4 Å². The Hall–Kier alpha value is -0.0400. The van der Waals surface area contributed by atoms with E-state index in [-0.39, 0.29) is 5.54 Å². The summed E-state index contributed by atoms with van der Waals surface area (Å²) in [6.45, 7) is 2.31. The molecule has 0 amide bonds. The normalized spacial score (nSPS) is 39.4. The topological polar surface area (TPSA) is 26.0 Å². The van der Waals surface area contributed by atoms with Crippen LogP contribution in [-0.4, -0.2) is 5.54 Å².